The van der Waals surface area contributed by atoms with Crippen LogP contribution in [0.1, 0.15) is 24.8 Å². The van der Waals surface area contributed by atoms with Gasteiger partial charge in [0.05, 0.1) is 0 Å². The first-order chi connectivity index (χ1) is 7.88. The van der Waals surface area contributed by atoms with E-state index < -0.39 is 0 Å². The van der Waals surface area contributed by atoms with Gasteiger partial charge in [0.15, 0.2) is 0 Å². The molecule has 0 aromatic heterocycles. The molecule has 1 unspecified atom stereocenters. The third kappa shape index (κ3) is 3.32. The summed E-state index contributed by atoms with van der Waals surface area (Å²) < 4.78 is 0. The van der Waals surface area contributed by atoms with Crippen molar-refractivity contribution < 1.29 is 0 Å². The van der Waals surface area contributed by atoms with Crippen molar-refractivity contribution in [1.82, 2.24) is 10.2 Å². The summed E-state index contributed by atoms with van der Waals surface area (Å²) in [5, 5.41) is 3.42. The molecule has 16 heavy (non-hydrogen) atoms. The van der Waals surface area contributed by atoms with Crippen LogP contribution in [-0.2, 0) is 6.54 Å². The molecular formula is C14H22N2. The normalized spacial score (nSPS) is 22.9. The number of benzene rings is 1. The Bertz CT molecular complexity index is 297. The zero-order chi connectivity index (χ0) is 11.2. The van der Waals surface area contributed by atoms with Gasteiger partial charge in [-0.1, -0.05) is 36.8 Å². The summed E-state index contributed by atoms with van der Waals surface area (Å²) in [5.41, 5.74) is 1.43. The second-order valence-electron chi connectivity index (χ2n) is 4.70. The fourth-order valence-electron chi connectivity index (χ4n) is 2.44. The standard InChI is InChI=1S/C14H22N2/c1-15-14-9-5-6-10-16(12-14)11-13-7-3-2-4-8-13/h2-4,7-8,14-15H,5-6,9-12H2,1H3. The van der Waals surface area contributed by atoms with E-state index in [0.717, 1.165) is 6.54 Å². The Morgan fingerprint density at radius 3 is 2.81 bits per heavy atom. The molecule has 0 spiro atoms. The zero-order valence-corrected chi connectivity index (χ0v) is 10.2. The molecule has 1 N–H and O–H groups in total. The molecule has 1 aromatic carbocycles. The van der Waals surface area contributed by atoms with Crippen molar-refractivity contribution >= 4 is 0 Å². The van der Waals surface area contributed by atoms with Crippen molar-refractivity contribution in [3.63, 3.8) is 0 Å². The highest BCUT2D eigenvalue weighted by molar-refractivity contribution is 5.14. The van der Waals surface area contributed by atoms with Crippen LogP contribution in [0.25, 0.3) is 0 Å². The summed E-state index contributed by atoms with van der Waals surface area (Å²) in [4.78, 5) is 2.57. The largest absolute Gasteiger partial charge is 0.316 e. The van der Waals surface area contributed by atoms with Crippen LogP contribution in [0.2, 0.25) is 0 Å². The quantitative estimate of drug-likeness (QED) is 0.837. The van der Waals surface area contributed by atoms with Gasteiger partial charge in [-0.3, -0.25) is 4.90 Å². The molecule has 0 saturated carbocycles. The summed E-state index contributed by atoms with van der Waals surface area (Å²) in [6.45, 7) is 3.53. The number of rotatable bonds is 3. The maximum Gasteiger partial charge on any atom is 0.0234 e. The minimum Gasteiger partial charge on any atom is -0.316 e. The lowest BCUT2D eigenvalue weighted by Gasteiger charge is -2.24. The third-order valence-electron chi connectivity index (χ3n) is 3.41. The molecule has 2 rings (SSSR count). The van der Waals surface area contributed by atoms with Gasteiger partial charge in [-0.15, -0.1) is 0 Å². The van der Waals surface area contributed by atoms with Crippen LogP contribution in [0.15, 0.2) is 30.3 Å². The first kappa shape index (κ1) is 11.6. The average molecular weight is 218 g/mol. The number of hydrogen-bond donors (Lipinski definition) is 1. The molecular weight excluding hydrogens is 196 g/mol. The summed E-state index contributed by atoms with van der Waals surface area (Å²) >= 11 is 0. The molecule has 2 nitrogen and oxygen atoms in total. The van der Waals surface area contributed by atoms with Gasteiger partial charge >= 0.3 is 0 Å². The lowest BCUT2D eigenvalue weighted by Crippen LogP contribution is -2.37. The molecule has 1 aliphatic rings. The van der Waals surface area contributed by atoms with E-state index in [1.54, 1.807) is 0 Å². The van der Waals surface area contributed by atoms with E-state index in [2.05, 4.69) is 47.6 Å². The average Bonchev–Trinajstić information content (AvgIpc) is 2.55. The molecule has 1 saturated heterocycles. The highest BCUT2D eigenvalue weighted by atomic mass is 15.1. The second kappa shape index (κ2) is 6.02. The molecule has 0 amide bonds. The van der Waals surface area contributed by atoms with Crippen LogP contribution in [0, 0.1) is 0 Å². The fraction of sp³-hybridized carbons (Fsp3) is 0.571. The van der Waals surface area contributed by atoms with Crippen molar-refractivity contribution in [2.45, 2.75) is 31.8 Å². The topological polar surface area (TPSA) is 15.3 Å². The van der Waals surface area contributed by atoms with Crippen LogP contribution < -0.4 is 5.32 Å². The number of likely N-dealkylation sites (N-methyl/N-ethyl adjacent to an activating group) is 1. The van der Waals surface area contributed by atoms with Crippen molar-refractivity contribution in [2.75, 3.05) is 20.1 Å². The van der Waals surface area contributed by atoms with E-state index >= 15 is 0 Å². The van der Waals surface area contributed by atoms with E-state index in [0.29, 0.717) is 6.04 Å². The van der Waals surface area contributed by atoms with Crippen molar-refractivity contribution in [3.8, 4) is 0 Å². The lowest BCUT2D eigenvalue weighted by molar-refractivity contribution is 0.255. The first-order valence-corrected chi connectivity index (χ1v) is 6.32. The molecule has 0 bridgehead atoms. The van der Waals surface area contributed by atoms with E-state index in [4.69, 9.17) is 0 Å². The number of nitrogens with one attached hydrogen (secondary N) is 1. The van der Waals surface area contributed by atoms with Gasteiger partial charge in [-0.25, -0.2) is 0 Å². The van der Waals surface area contributed by atoms with Crippen LogP contribution in [0.3, 0.4) is 0 Å². The molecule has 1 aromatic rings. The third-order valence-corrected chi connectivity index (χ3v) is 3.41. The smallest absolute Gasteiger partial charge is 0.0234 e. The van der Waals surface area contributed by atoms with Gasteiger partial charge in [0.2, 0.25) is 0 Å². The Morgan fingerprint density at radius 1 is 1.25 bits per heavy atom. The highest BCUT2D eigenvalue weighted by Crippen LogP contribution is 2.13. The Kier molecular flexibility index (Phi) is 4.37. The number of hydrogen-bond acceptors (Lipinski definition) is 2. The van der Waals surface area contributed by atoms with Crippen LogP contribution >= 0.6 is 0 Å². The predicted molar refractivity (Wildman–Crippen MR) is 68.4 cm³/mol. The van der Waals surface area contributed by atoms with E-state index in [1.807, 2.05) is 0 Å². The number of nitrogens with zero attached hydrogens (tertiary/aromatic N) is 1. The molecule has 1 fully saturated rings. The molecule has 0 aliphatic carbocycles. The van der Waals surface area contributed by atoms with E-state index in [9.17, 15) is 0 Å². The molecule has 2 heteroatoms. The van der Waals surface area contributed by atoms with Crippen molar-refractivity contribution in [1.29, 1.82) is 0 Å². The Balaban J connectivity index is 1.93. The molecule has 88 valence electrons. The maximum absolute atomic E-state index is 3.42. The van der Waals surface area contributed by atoms with E-state index in [1.165, 1.54) is 37.9 Å². The minimum atomic E-state index is 0.672. The minimum absolute atomic E-state index is 0.672. The van der Waals surface area contributed by atoms with Gasteiger partial charge in [-0.2, -0.15) is 0 Å². The van der Waals surface area contributed by atoms with Crippen molar-refractivity contribution in [2.24, 2.45) is 0 Å². The molecule has 1 aliphatic heterocycles. The summed E-state index contributed by atoms with van der Waals surface area (Å²) in [6.07, 6.45) is 4.02. The summed E-state index contributed by atoms with van der Waals surface area (Å²) in [7, 11) is 2.08. The van der Waals surface area contributed by atoms with Gasteiger partial charge in [0.1, 0.15) is 0 Å². The fourth-order valence-corrected chi connectivity index (χ4v) is 2.44. The second-order valence-corrected chi connectivity index (χ2v) is 4.70. The maximum atomic E-state index is 3.42. The predicted octanol–water partition coefficient (Wildman–Crippen LogP) is 2.26. The Hall–Kier alpha value is -0.860. The van der Waals surface area contributed by atoms with Crippen LogP contribution in [0.4, 0.5) is 0 Å². The summed E-state index contributed by atoms with van der Waals surface area (Å²) in [5.74, 6) is 0. The Labute approximate surface area is 98.7 Å². The van der Waals surface area contributed by atoms with Crippen LogP contribution in [0.5, 0.6) is 0 Å². The highest BCUT2D eigenvalue weighted by Gasteiger charge is 2.16. The van der Waals surface area contributed by atoms with Crippen molar-refractivity contribution in [3.05, 3.63) is 35.9 Å². The first-order valence-electron chi connectivity index (χ1n) is 6.32. The molecule has 0 radical (unpaired) electrons. The summed E-state index contributed by atoms with van der Waals surface area (Å²) in [6, 6.07) is 11.5. The number of likely N-dealkylation sites (tertiary alicyclic amines) is 1. The van der Waals surface area contributed by atoms with Gasteiger partial charge in [-0.05, 0) is 32.0 Å². The zero-order valence-electron chi connectivity index (χ0n) is 10.2. The lowest BCUT2D eigenvalue weighted by atomic mass is 10.1. The monoisotopic (exact) mass is 218 g/mol. The van der Waals surface area contributed by atoms with Gasteiger partial charge < -0.3 is 5.32 Å². The van der Waals surface area contributed by atoms with Gasteiger partial charge in [0, 0.05) is 19.1 Å². The molecule has 1 heterocycles. The van der Waals surface area contributed by atoms with Gasteiger partial charge in [0.25, 0.3) is 0 Å². The van der Waals surface area contributed by atoms with Crippen LogP contribution in [-0.4, -0.2) is 31.1 Å². The SMILES string of the molecule is CNC1CCCCN(Cc2ccccc2)C1. The Morgan fingerprint density at radius 2 is 2.06 bits per heavy atom. The molecule has 1 atom stereocenters. The van der Waals surface area contributed by atoms with E-state index in [-0.39, 0.29) is 0 Å².